The molecule has 0 aromatic carbocycles. The molecule has 2 aliphatic carbocycles. The Hall–Kier alpha value is -0.980. The maximum atomic E-state index is 6.10. The molecule has 0 unspecified atom stereocenters. The highest BCUT2D eigenvalue weighted by Crippen LogP contribution is 2.51. The van der Waals surface area contributed by atoms with Crippen LogP contribution < -0.4 is 5.73 Å². The van der Waals surface area contributed by atoms with E-state index in [0.29, 0.717) is 5.41 Å². The number of fused-ring (bicyclic) bond motifs is 1. The van der Waals surface area contributed by atoms with Crippen LogP contribution in [-0.2, 0) is 0 Å². The molecule has 0 bridgehead atoms. The van der Waals surface area contributed by atoms with Gasteiger partial charge in [0, 0.05) is 11.1 Å². The third-order valence-electron chi connectivity index (χ3n) is 3.83. The number of hydrogen-bond acceptors (Lipinski definition) is 1. The van der Waals surface area contributed by atoms with Crippen LogP contribution in [0.25, 0.3) is 0 Å². The third-order valence-corrected chi connectivity index (χ3v) is 3.83. The first-order valence-corrected chi connectivity index (χ1v) is 5.59. The molecule has 0 radical (unpaired) electrons. The monoisotopic (exact) mass is 189 g/mol. The zero-order valence-electron chi connectivity index (χ0n) is 9.14. The van der Waals surface area contributed by atoms with Gasteiger partial charge in [-0.15, -0.1) is 0 Å². The molecule has 14 heavy (non-hydrogen) atoms. The van der Waals surface area contributed by atoms with Crippen molar-refractivity contribution in [1.29, 1.82) is 0 Å². The van der Waals surface area contributed by atoms with Crippen LogP contribution in [0.4, 0.5) is 0 Å². The van der Waals surface area contributed by atoms with E-state index in [1.54, 1.807) is 0 Å². The second kappa shape index (κ2) is 3.30. The van der Waals surface area contributed by atoms with Gasteiger partial charge in [-0.25, -0.2) is 0 Å². The van der Waals surface area contributed by atoms with Crippen LogP contribution in [0.15, 0.2) is 35.1 Å². The summed E-state index contributed by atoms with van der Waals surface area (Å²) in [6.07, 6.45) is 11.3. The Morgan fingerprint density at radius 2 is 2.07 bits per heavy atom. The molecule has 0 aromatic rings. The Bertz CT molecular complexity index is 327. The van der Waals surface area contributed by atoms with E-state index in [-0.39, 0.29) is 0 Å². The highest BCUT2D eigenvalue weighted by Gasteiger charge is 2.39. The van der Waals surface area contributed by atoms with E-state index in [1.165, 1.54) is 24.0 Å². The first-order chi connectivity index (χ1) is 6.73. The maximum Gasteiger partial charge on any atom is 0.0166 e. The van der Waals surface area contributed by atoms with E-state index >= 15 is 0 Å². The highest BCUT2D eigenvalue weighted by molar-refractivity contribution is 5.54. The van der Waals surface area contributed by atoms with Crippen LogP contribution in [0.2, 0.25) is 0 Å². The van der Waals surface area contributed by atoms with Gasteiger partial charge in [-0.2, -0.15) is 0 Å². The van der Waals surface area contributed by atoms with E-state index in [2.05, 4.69) is 32.1 Å². The molecule has 2 N–H and O–H groups in total. The lowest BCUT2D eigenvalue weighted by Crippen LogP contribution is -2.19. The zero-order valence-corrected chi connectivity index (χ0v) is 9.14. The van der Waals surface area contributed by atoms with Crippen molar-refractivity contribution in [3.8, 4) is 0 Å². The van der Waals surface area contributed by atoms with Crippen molar-refractivity contribution in [3.05, 3.63) is 35.1 Å². The van der Waals surface area contributed by atoms with Gasteiger partial charge in [0.2, 0.25) is 0 Å². The van der Waals surface area contributed by atoms with Crippen molar-refractivity contribution < 1.29 is 0 Å². The van der Waals surface area contributed by atoms with E-state index in [1.807, 2.05) is 0 Å². The minimum Gasteiger partial charge on any atom is -0.402 e. The third kappa shape index (κ3) is 1.15. The van der Waals surface area contributed by atoms with Crippen LogP contribution >= 0.6 is 0 Å². The molecule has 2 rings (SSSR count). The fourth-order valence-electron chi connectivity index (χ4n) is 2.79. The fourth-order valence-corrected chi connectivity index (χ4v) is 2.79. The van der Waals surface area contributed by atoms with Crippen LogP contribution in [0.1, 0.15) is 39.5 Å². The van der Waals surface area contributed by atoms with Crippen LogP contribution in [0.5, 0.6) is 0 Å². The van der Waals surface area contributed by atoms with Gasteiger partial charge in [-0.3, -0.25) is 0 Å². The Morgan fingerprint density at radius 3 is 2.71 bits per heavy atom. The molecule has 1 nitrogen and oxygen atoms in total. The average Bonchev–Trinajstić information content (AvgIpc) is 2.53. The molecule has 0 heterocycles. The molecule has 76 valence electrons. The quantitative estimate of drug-likeness (QED) is 0.708. The summed E-state index contributed by atoms with van der Waals surface area (Å²) in [5, 5.41) is 0. The summed E-state index contributed by atoms with van der Waals surface area (Å²) in [5.74, 6) is 0. The van der Waals surface area contributed by atoms with Crippen LogP contribution in [0, 0.1) is 5.41 Å². The SMILES string of the molecule is CCC1(CC)CC(N)=C2C=CCC=C21. The smallest absolute Gasteiger partial charge is 0.0166 e. The van der Waals surface area contributed by atoms with Gasteiger partial charge in [-0.1, -0.05) is 32.1 Å². The van der Waals surface area contributed by atoms with Crippen molar-refractivity contribution in [2.24, 2.45) is 11.1 Å². The molecule has 0 fully saturated rings. The fraction of sp³-hybridized carbons (Fsp3) is 0.538. The molecule has 0 aromatic heterocycles. The van der Waals surface area contributed by atoms with Crippen LogP contribution in [-0.4, -0.2) is 0 Å². The molecular formula is C13H19N. The number of allylic oxidation sites excluding steroid dienone is 6. The molecule has 2 aliphatic rings. The topological polar surface area (TPSA) is 26.0 Å². The Kier molecular flexibility index (Phi) is 2.26. The van der Waals surface area contributed by atoms with Crippen molar-refractivity contribution in [3.63, 3.8) is 0 Å². The Labute approximate surface area is 86.4 Å². The number of nitrogens with two attached hydrogens (primary N) is 1. The lowest BCUT2D eigenvalue weighted by molar-refractivity contribution is 0.344. The highest BCUT2D eigenvalue weighted by atomic mass is 14.6. The second-order valence-corrected chi connectivity index (χ2v) is 4.36. The second-order valence-electron chi connectivity index (χ2n) is 4.36. The minimum atomic E-state index is 0.351. The Morgan fingerprint density at radius 1 is 1.36 bits per heavy atom. The van der Waals surface area contributed by atoms with Gasteiger partial charge in [0.25, 0.3) is 0 Å². The van der Waals surface area contributed by atoms with E-state index in [4.69, 9.17) is 5.73 Å². The standard InChI is InChI=1S/C13H19N/c1-3-13(4-2)9-12(14)10-7-5-6-8-11(10)13/h5,7-8H,3-4,6,9,14H2,1-2H3. The summed E-state index contributed by atoms with van der Waals surface area (Å²) in [6.45, 7) is 4.55. The molecule has 0 aliphatic heterocycles. The zero-order chi connectivity index (χ0) is 10.2. The lowest BCUT2D eigenvalue weighted by Gasteiger charge is -2.30. The van der Waals surface area contributed by atoms with E-state index < -0.39 is 0 Å². The largest absolute Gasteiger partial charge is 0.402 e. The molecule has 1 heteroatoms. The van der Waals surface area contributed by atoms with Crippen LogP contribution in [0.3, 0.4) is 0 Å². The summed E-state index contributed by atoms with van der Waals surface area (Å²) in [5.41, 5.74) is 10.4. The van der Waals surface area contributed by atoms with Gasteiger partial charge in [0.1, 0.15) is 0 Å². The molecule has 0 saturated carbocycles. The first-order valence-electron chi connectivity index (χ1n) is 5.59. The predicted molar refractivity (Wildman–Crippen MR) is 60.7 cm³/mol. The number of hydrogen-bond donors (Lipinski definition) is 1. The van der Waals surface area contributed by atoms with Crippen molar-refractivity contribution >= 4 is 0 Å². The van der Waals surface area contributed by atoms with E-state index in [9.17, 15) is 0 Å². The summed E-state index contributed by atoms with van der Waals surface area (Å²) < 4.78 is 0. The maximum absolute atomic E-state index is 6.10. The van der Waals surface area contributed by atoms with Gasteiger partial charge < -0.3 is 5.73 Å². The van der Waals surface area contributed by atoms with Crippen molar-refractivity contribution in [2.45, 2.75) is 39.5 Å². The number of rotatable bonds is 2. The van der Waals surface area contributed by atoms with Crippen molar-refractivity contribution in [1.82, 2.24) is 0 Å². The molecule has 0 spiro atoms. The Balaban J connectivity index is 2.43. The molecule has 0 saturated heterocycles. The average molecular weight is 189 g/mol. The normalized spacial score (nSPS) is 23.7. The summed E-state index contributed by atoms with van der Waals surface area (Å²) in [4.78, 5) is 0. The van der Waals surface area contributed by atoms with Gasteiger partial charge >= 0.3 is 0 Å². The van der Waals surface area contributed by atoms with Crippen molar-refractivity contribution in [2.75, 3.05) is 0 Å². The molecular weight excluding hydrogens is 170 g/mol. The van der Waals surface area contributed by atoms with E-state index in [0.717, 1.165) is 18.5 Å². The summed E-state index contributed by atoms with van der Waals surface area (Å²) >= 11 is 0. The summed E-state index contributed by atoms with van der Waals surface area (Å²) in [7, 11) is 0. The van der Waals surface area contributed by atoms with Gasteiger partial charge in [0.15, 0.2) is 0 Å². The first kappa shape index (κ1) is 9.57. The lowest BCUT2D eigenvalue weighted by atomic mass is 9.74. The predicted octanol–water partition coefficient (Wildman–Crippen LogP) is 3.30. The van der Waals surface area contributed by atoms with Gasteiger partial charge in [0.05, 0.1) is 0 Å². The van der Waals surface area contributed by atoms with Gasteiger partial charge in [-0.05, 0) is 36.8 Å². The molecule has 0 atom stereocenters. The summed E-state index contributed by atoms with van der Waals surface area (Å²) in [6, 6.07) is 0. The molecule has 0 amide bonds. The minimum absolute atomic E-state index is 0.351.